The molecule has 1 aromatic heterocycles. The van der Waals surface area contributed by atoms with Crippen LogP contribution in [0, 0.1) is 11.6 Å². The van der Waals surface area contributed by atoms with Crippen molar-refractivity contribution >= 4 is 32.7 Å². The zero-order valence-electron chi connectivity index (χ0n) is 10.3. The van der Waals surface area contributed by atoms with E-state index in [1.165, 1.54) is 0 Å². The Hall–Kier alpha value is -1.23. The Kier molecular flexibility index (Phi) is 3.05. The largest absolute Gasteiger partial charge is 0.383 e. The summed E-state index contributed by atoms with van der Waals surface area (Å²) in [7, 11) is 0. The number of nitrogen functional groups attached to an aromatic ring is 1. The van der Waals surface area contributed by atoms with Crippen LogP contribution in [0.4, 0.5) is 14.6 Å². The van der Waals surface area contributed by atoms with Gasteiger partial charge in [0.05, 0.1) is 4.47 Å². The number of nitrogens with zero attached hydrogens (tertiary/aromatic N) is 1. The molecular formula is C13H13BrF2N2. The number of pyridine rings is 1. The molecule has 0 spiro atoms. The van der Waals surface area contributed by atoms with Crippen LogP contribution in [-0.2, 0) is 5.41 Å². The molecule has 0 saturated heterocycles. The first kappa shape index (κ1) is 13.2. The van der Waals surface area contributed by atoms with E-state index in [9.17, 15) is 8.78 Å². The van der Waals surface area contributed by atoms with Crippen molar-refractivity contribution < 1.29 is 8.78 Å². The number of nitrogens with two attached hydrogens (primary N) is 1. The fourth-order valence-corrected chi connectivity index (χ4v) is 2.26. The lowest BCUT2D eigenvalue weighted by atomic mass is 9.86. The standard InChI is InChI=1S/C13H13BrF2N2/c1-13(2,3)7-4-6-10(16)8(14)5-9(15)11(6)18-12(7)17/h4-5H,1-3H3,(H2,17,18). The molecule has 0 aliphatic heterocycles. The molecule has 0 amide bonds. The van der Waals surface area contributed by atoms with Crippen molar-refractivity contribution in [2.75, 3.05) is 5.73 Å². The van der Waals surface area contributed by atoms with E-state index in [1.54, 1.807) is 6.07 Å². The van der Waals surface area contributed by atoms with Gasteiger partial charge in [0.25, 0.3) is 0 Å². The second-order valence-electron chi connectivity index (χ2n) is 5.22. The number of benzene rings is 1. The second-order valence-corrected chi connectivity index (χ2v) is 6.08. The molecule has 0 aliphatic rings. The third-order valence-electron chi connectivity index (χ3n) is 2.79. The number of hydrogen-bond acceptors (Lipinski definition) is 2. The van der Waals surface area contributed by atoms with Crippen molar-refractivity contribution in [3.8, 4) is 0 Å². The van der Waals surface area contributed by atoms with Crippen LogP contribution in [0.3, 0.4) is 0 Å². The van der Waals surface area contributed by atoms with Crippen molar-refractivity contribution in [3.05, 3.63) is 33.8 Å². The van der Waals surface area contributed by atoms with Gasteiger partial charge in [-0.3, -0.25) is 0 Å². The van der Waals surface area contributed by atoms with Gasteiger partial charge in [0.2, 0.25) is 0 Å². The lowest BCUT2D eigenvalue weighted by Crippen LogP contribution is -2.15. The van der Waals surface area contributed by atoms with E-state index in [1.807, 2.05) is 20.8 Å². The van der Waals surface area contributed by atoms with Crippen molar-refractivity contribution in [2.45, 2.75) is 26.2 Å². The Balaban J connectivity index is 2.90. The summed E-state index contributed by atoms with van der Waals surface area (Å²) in [5.74, 6) is -0.884. The molecule has 18 heavy (non-hydrogen) atoms. The minimum absolute atomic E-state index is 0.0406. The van der Waals surface area contributed by atoms with Gasteiger partial charge >= 0.3 is 0 Å². The van der Waals surface area contributed by atoms with Crippen LogP contribution in [0.25, 0.3) is 10.9 Å². The lowest BCUT2D eigenvalue weighted by molar-refractivity contribution is 0.587. The third-order valence-corrected chi connectivity index (χ3v) is 3.36. The maximum absolute atomic E-state index is 14.0. The highest BCUT2D eigenvalue weighted by Crippen LogP contribution is 2.33. The predicted octanol–water partition coefficient (Wildman–Crippen LogP) is 4.16. The van der Waals surface area contributed by atoms with Crippen LogP contribution in [0.2, 0.25) is 0 Å². The van der Waals surface area contributed by atoms with Crippen LogP contribution >= 0.6 is 15.9 Å². The maximum Gasteiger partial charge on any atom is 0.150 e. The molecule has 5 heteroatoms. The summed E-state index contributed by atoms with van der Waals surface area (Å²) in [6.07, 6.45) is 0. The Morgan fingerprint density at radius 3 is 2.39 bits per heavy atom. The molecule has 0 unspecified atom stereocenters. The van der Waals surface area contributed by atoms with Gasteiger partial charge in [-0.05, 0) is 33.5 Å². The molecule has 1 heterocycles. The highest BCUT2D eigenvalue weighted by Gasteiger charge is 2.21. The highest BCUT2D eigenvalue weighted by atomic mass is 79.9. The monoisotopic (exact) mass is 314 g/mol. The maximum atomic E-state index is 14.0. The minimum Gasteiger partial charge on any atom is -0.383 e. The second kappa shape index (κ2) is 4.16. The van der Waals surface area contributed by atoms with Crippen molar-refractivity contribution in [1.82, 2.24) is 4.98 Å². The SMILES string of the molecule is CC(C)(C)c1cc2c(F)c(Br)cc(F)c2nc1N. The number of rotatable bonds is 0. The Labute approximate surface area is 112 Å². The fourth-order valence-electron chi connectivity index (χ4n) is 1.85. The molecule has 0 radical (unpaired) electrons. The van der Waals surface area contributed by atoms with Crippen LogP contribution in [-0.4, -0.2) is 4.98 Å². The van der Waals surface area contributed by atoms with Crippen molar-refractivity contribution in [2.24, 2.45) is 0 Å². The molecule has 1 aromatic carbocycles. The van der Waals surface area contributed by atoms with E-state index in [-0.39, 0.29) is 26.6 Å². The quantitative estimate of drug-likeness (QED) is 0.742. The first-order valence-corrected chi connectivity index (χ1v) is 6.25. The van der Waals surface area contributed by atoms with Gasteiger partial charge in [0.15, 0.2) is 5.82 Å². The van der Waals surface area contributed by atoms with Gasteiger partial charge in [-0.2, -0.15) is 0 Å². The highest BCUT2D eigenvalue weighted by molar-refractivity contribution is 9.10. The van der Waals surface area contributed by atoms with E-state index in [4.69, 9.17) is 5.73 Å². The molecule has 0 atom stereocenters. The average molecular weight is 315 g/mol. The summed E-state index contributed by atoms with van der Waals surface area (Å²) in [6, 6.07) is 2.63. The summed E-state index contributed by atoms with van der Waals surface area (Å²) >= 11 is 2.99. The van der Waals surface area contributed by atoms with E-state index >= 15 is 0 Å². The first-order chi connectivity index (χ1) is 8.21. The Bertz CT molecular complexity index is 633. The summed E-state index contributed by atoms with van der Waals surface area (Å²) in [6.45, 7) is 5.83. The average Bonchev–Trinajstić information content (AvgIpc) is 2.24. The number of halogens is 3. The van der Waals surface area contributed by atoms with E-state index in [0.29, 0.717) is 5.56 Å². The molecule has 0 fully saturated rings. The molecule has 0 saturated carbocycles. The van der Waals surface area contributed by atoms with Gasteiger partial charge in [-0.25, -0.2) is 13.8 Å². The van der Waals surface area contributed by atoms with E-state index < -0.39 is 11.6 Å². The van der Waals surface area contributed by atoms with Gasteiger partial charge in [-0.1, -0.05) is 20.8 Å². The Morgan fingerprint density at radius 1 is 1.22 bits per heavy atom. The molecule has 2 N–H and O–H groups in total. The zero-order valence-corrected chi connectivity index (χ0v) is 11.9. The van der Waals surface area contributed by atoms with Crippen LogP contribution in [0.5, 0.6) is 0 Å². The van der Waals surface area contributed by atoms with Crippen LogP contribution in [0.15, 0.2) is 16.6 Å². The molecule has 2 rings (SSSR count). The minimum atomic E-state index is -0.592. The molecule has 2 nitrogen and oxygen atoms in total. The van der Waals surface area contributed by atoms with Gasteiger partial charge in [-0.15, -0.1) is 0 Å². The summed E-state index contributed by atoms with van der Waals surface area (Å²) in [4.78, 5) is 3.99. The zero-order chi connectivity index (χ0) is 13.7. The summed E-state index contributed by atoms with van der Waals surface area (Å²) in [5, 5.41) is 0.140. The van der Waals surface area contributed by atoms with Crippen LogP contribution < -0.4 is 5.73 Å². The predicted molar refractivity (Wildman–Crippen MR) is 72.5 cm³/mol. The molecule has 0 bridgehead atoms. The topological polar surface area (TPSA) is 38.9 Å². The molecule has 0 aliphatic carbocycles. The van der Waals surface area contributed by atoms with Gasteiger partial charge < -0.3 is 5.73 Å². The lowest BCUT2D eigenvalue weighted by Gasteiger charge is -2.21. The number of hydrogen-bond donors (Lipinski definition) is 1. The number of fused-ring (bicyclic) bond motifs is 1. The third kappa shape index (κ3) is 2.07. The Morgan fingerprint density at radius 2 is 1.83 bits per heavy atom. The van der Waals surface area contributed by atoms with E-state index in [2.05, 4.69) is 20.9 Å². The van der Waals surface area contributed by atoms with Crippen LogP contribution in [0.1, 0.15) is 26.3 Å². The fraction of sp³-hybridized carbons (Fsp3) is 0.308. The number of aromatic nitrogens is 1. The van der Waals surface area contributed by atoms with Gasteiger partial charge in [0.1, 0.15) is 17.2 Å². The smallest absolute Gasteiger partial charge is 0.150 e. The van der Waals surface area contributed by atoms with Crippen molar-refractivity contribution in [3.63, 3.8) is 0 Å². The van der Waals surface area contributed by atoms with Gasteiger partial charge in [0, 0.05) is 10.9 Å². The molecular weight excluding hydrogens is 302 g/mol. The summed E-state index contributed by atoms with van der Waals surface area (Å²) < 4.78 is 27.8. The van der Waals surface area contributed by atoms with E-state index in [0.717, 1.165) is 6.07 Å². The molecule has 96 valence electrons. The molecule has 2 aromatic rings. The summed E-state index contributed by atoms with van der Waals surface area (Å²) in [5.41, 5.74) is 6.20. The normalized spacial score (nSPS) is 12.1. The van der Waals surface area contributed by atoms with Crippen molar-refractivity contribution in [1.29, 1.82) is 0 Å². The number of anilines is 1. The first-order valence-electron chi connectivity index (χ1n) is 5.46.